The first-order valence-electron chi connectivity index (χ1n) is 13.3. The summed E-state index contributed by atoms with van der Waals surface area (Å²) in [4.78, 5) is 18.3. The number of methoxy groups -OCH3 is 1. The predicted octanol–water partition coefficient (Wildman–Crippen LogP) is 4.60. The van der Waals surface area contributed by atoms with Crippen LogP contribution in [0.1, 0.15) is 49.3 Å². The van der Waals surface area contributed by atoms with Gasteiger partial charge in [-0.25, -0.2) is 13.2 Å². The Hall–Kier alpha value is -3.41. The van der Waals surface area contributed by atoms with Crippen molar-refractivity contribution >= 4 is 22.6 Å². The molecule has 8 nitrogen and oxygen atoms in total. The fourth-order valence-corrected chi connectivity index (χ4v) is 5.64. The van der Waals surface area contributed by atoms with Crippen LogP contribution < -0.4 is 15.8 Å². The van der Waals surface area contributed by atoms with E-state index in [9.17, 15) is 28.2 Å². The number of nitrogens with zero attached hydrogens (tertiary/aromatic N) is 2. The molecule has 1 fully saturated rings. The van der Waals surface area contributed by atoms with Crippen LogP contribution in [0.2, 0.25) is 0 Å². The highest BCUT2D eigenvalue weighted by Gasteiger charge is 2.37. The largest absolute Gasteiger partial charge is 0.497 e. The van der Waals surface area contributed by atoms with Gasteiger partial charge >= 0.3 is 5.97 Å². The van der Waals surface area contributed by atoms with E-state index in [1.807, 2.05) is 12.1 Å². The lowest BCUT2D eigenvalue weighted by atomic mass is 9.71. The second-order valence-electron chi connectivity index (χ2n) is 10.4. The maximum atomic E-state index is 13.9. The molecule has 0 aliphatic carbocycles. The van der Waals surface area contributed by atoms with Gasteiger partial charge in [-0.2, -0.15) is 0 Å². The van der Waals surface area contributed by atoms with E-state index >= 15 is 0 Å². The van der Waals surface area contributed by atoms with Crippen molar-refractivity contribution in [3.8, 4) is 5.75 Å². The molecule has 5 N–H and O–H groups in total. The lowest BCUT2D eigenvalue weighted by Gasteiger charge is -2.41. The zero-order chi connectivity index (χ0) is 28.9. The number of rotatable bonds is 12. The molecule has 0 bridgehead atoms. The number of carboxylic acids is 1. The number of aromatic nitrogens is 1. The normalized spacial score (nSPS) is 16.1. The van der Waals surface area contributed by atoms with Gasteiger partial charge in [0.25, 0.3) is 0 Å². The van der Waals surface area contributed by atoms with Gasteiger partial charge in [-0.3, -0.25) is 9.78 Å². The molecule has 1 atom stereocenters. The summed E-state index contributed by atoms with van der Waals surface area (Å²) in [5.41, 5.74) is 7.20. The van der Waals surface area contributed by atoms with Gasteiger partial charge in [0.1, 0.15) is 17.3 Å². The first kappa shape index (κ1) is 29.6. The van der Waals surface area contributed by atoms with Gasteiger partial charge in [0.05, 0.1) is 25.2 Å². The minimum absolute atomic E-state index is 0.0214. The molecule has 0 spiro atoms. The van der Waals surface area contributed by atoms with Crippen LogP contribution in [0.5, 0.6) is 5.75 Å². The number of fused-ring (bicyclic) bond motifs is 1. The molecule has 4 rings (SSSR count). The van der Waals surface area contributed by atoms with Crippen LogP contribution in [0.25, 0.3) is 10.9 Å². The lowest BCUT2D eigenvalue weighted by molar-refractivity contribution is -0.141. The molecule has 216 valence electrons. The van der Waals surface area contributed by atoms with Gasteiger partial charge in [-0.05, 0) is 73.5 Å². The Morgan fingerprint density at radius 2 is 1.90 bits per heavy atom. The van der Waals surface area contributed by atoms with Crippen molar-refractivity contribution in [2.24, 2.45) is 11.1 Å². The Balaban J connectivity index is 1.41. The molecular weight excluding hydrogens is 525 g/mol. The van der Waals surface area contributed by atoms with E-state index < -0.39 is 34.9 Å². The molecule has 1 saturated heterocycles. The molecule has 2 aromatic carbocycles. The standard InChI is InChI=1S/C29H35F3N4O4/c1-40-20-2-3-24-21(14-20)27(18(16-33)17-35-24)25(37)4-5-29(15-26(38)39)6-9-36(10-7-29)11-8-34-28-22(31)12-19(30)13-23(28)32/h2-3,12-14,17,25,34,37H,4-11,15-16,33H2,1H3,(H,38,39)/t25-/m1/s1. The predicted molar refractivity (Wildman–Crippen MR) is 146 cm³/mol. The summed E-state index contributed by atoms with van der Waals surface area (Å²) in [5, 5.41) is 24.5. The summed E-state index contributed by atoms with van der Waals surface area (Å²) in [5.74, 6) is -3.23. The number of halogens is 3. The molecule has 0 saturated carbocycles. The van der Waals surface area contributed by atoms with Crippen molar-refractivity contribution < 1.29 is 32.9 Å². The lowest BCUT2D eigenvalue weighted by Crippen LogP contribution is -2.43. The summed E-state index contributed by atoms with van der Waals surface area (Å²) in [6.07, 6.45) is 2.81. The summed E-state index contributed by atoms with van der Waals surface area (Å²) in [7, 11) is 1.56. The number of nitrogens with two attached hydrogens (primary N) is 1. The van der Waals surface area contributed by atoms with Crippen molar-refractivity contribution in [1.29, 1.82) is 0 Å². The molecule has 40 heavy (non-hydrogen) atoms. The van der Waals surface area contributed by atoms with Crippen molar-refractivity contribution in [2.75, 3.05) is 38.6 Å². The number of ether oxygens (including phenoxy) is 1. The number of pyridine rings is 1. The fraction of sp³-hybridized carbons (Fsp3) is 0.448. The third-order valence-electron chi connectivity index (χ3n) is 7.88. The maximum Gasteiger partial charge on any atom is 0.303 e. The number of carbonyl (C=O) groups is 1. The van der Waals surface area contributed by atoms with E-state index in [1.165, 1.54) is 0 Å². The van der Waals surface area contributed by atoms with Gasteiger partial charge in [-0.15, -0.1) is 0 Å². The number of nitrogens with one attached hydrogen (secondary N) is 1. The van der Waals surface area contributed by atoms with Gasteiger partial charge in [0.2, 0.25) is 0 Å². The number of aliphatic carboxylic acids is 1. The number of hydrogen-bond acceptors (Lipinski definition) is 7. The zero-order valence-corrected chi connectivity index (χ0v) is 22.4. The summed E-state index contributed by atoms with van der Waals surface area (Å²) in [6, 6.07) is 6.69. The second-order valence-corrected chi connectivity index (χ2v) is 10.4. The molecule has 11 heteroatoms. The number of aliphatic hydroxyl groups excluding tert-OH is 1. The van der Waals surface area contributed by atoms with E-state index in [-0.39, 0.29) is 25.2 Å². The first-order valence-corrected chi connectivity index (χ1v) is 13.3. The summed E-state index contributed by atoms with van der Waals surface area (Å²) >= 11 is 0. The Bertz CT molecular complexity index is 1320. The average molecular weight is 561 g/mol. The first-order chi connectivity index (χ1) is 19.1. The van der Waals surface area contributed by atoms with Crippen LogP contribution >= 0.6 is 0 Å². The van der Waals surface area contributed by atoms with E-state index in [2.05, 4.69) is 15.2 Å². The van der Waals surface area contributed by atoms with Crippen LogP contribution in [0, 0.1) is 22.9 Å². The van der Waals surface area contributed by atoms with Gasteiger partial charge < -0.3 is 30.9 Å². The van der Waals surface area contributed by atoms with Crippen molar-refractivity contribution in [1.82, 2.24) is 9.88 Å². The summed E-state index contributed by atoms with van der Waals surface area (Å²) < 4.78 is 46.3. The second kappa shape index (κ2) is 12.8. The molecule has 0 amide bonds. The quantitative estimate of drug-likeness (QED) is 0.254. The monoisotopic (exact) mass is 560 g/mol. The third kappa shape index (κ3) is 6.83. The molecule has 1 aromatic heterocycles. The van der Waals surface area contributed by atoms with Crippen molar-refractivity contribution in [2.45, 2.75) is 44.8 Å². The maximum absolute atomic E-state index is 13.9. The number of carboxylic acid groups (broad SMARTS) is 1. The number of hydrogen-bond donors (Lipinski definition) is 4. The zero-order valence-electron chi connectivity index (χ0n) is 22.4. The Morgan fingerprint density at radius 3 is 2.52 bits per heavy atom. The molecular formula is C29H35F3N4O4. The van der Waals surface area contributed by atoms with Gasteiger partial charge in [0, 0.05) is 43.4 Å². The highest BCUT2D eigenvalue weighted by Crippen LogP contribution is 2.42. The fourth-order valence-electron chi connectivity index (χ4n) is 5.64. The molecule has 1 aliphatic rings. The van der Waals surface area contributed by atoms with Crippen molar-refractivity contribution in [3.63, 3.8) is 0 Å². The van der Waals surface area contributed by atoms with Crippen LogP contribution in [-0.2, 0) is 11.3 Å². The molecule has 0 unspecified atom stereocenters. The highest BCUT2D eigenvalue weighted by atomic mass is 19.1. The van der Waals surface area contributed by atoms with E-state index in [1.54, 1.807) is 19.4 Å². The van der Waals surface area contributed by atoms with Crippen molar-refractivity contribution in [3.05, 3.63) is 65.1 Å². The van der Waals surface area contributed by atoms with Crippen LogP contribution in [0.15, 0.2) is 36.5 Å². The average Bonchev–Trinajstić information content (AvgIpc) is 2.92. The van der Waals surface area contributed by atoms with Gasteiger partial charge in [0.15, 0.2) is 11.6 Å². The van der Waals surface area contributed by atoms with E-state index in [0.717, 1.165) is 10.9 Å². The topological polar surface area (TPSA) is 121 Å². The van der Waals surface area contributed by atoms with Crippen LogP contribution in [-0.4, -0.2) is 59.4 Å². The van der Waals surface area contributed by atoms with Gasteiger partial charge in [-0.1, -0.05) is 0 Å². The Labute approximate surface area is 231 Å². The number of aliphatic hydroxyl groups is 1. The Morgan fingerprint density at radius 1 is 1.20 bits per heavy atom. The molecule has 1 aliphatic heterocycles. The van der Waals surface area contributed by atoms with Crippen LogP contribution in [0.3, 0.4) is 0 Å². The molecule has 0 radical (unpaired) electrons. The van der Waals surface area contributed by atoms with E-state index in [4.69, 9.17) is 10.5 Å². The number of benzene rings is 2. The number of piperidine rings is 1. The summed E-state index contributed by atoms with van der Waals surface area (Å²) in [6.45, 7) is 2.12. The molecule has 3 aromatic rings. The molecule has 2 heterocycles. The highest BCUT2D eigenvalue weighted by molar-refractivity contribution is 5.85. The smallest absolute Gasteiger partial charge is 0.303 e. The Kier molecular flexibility index (Phi) is 9.49. The van der Waals surface area contributed by atoms with Crippen LogP contribution in [0.4, 0.5) is 18.9 Å². The third-order valence-corrected chi connectivity index (χ3v) is 7.88. The minimum Gasteiger partial charge on any atom is -0.497 e. The van der Waals surface area contributed by atoms with E-state index in [0.29, 0.717) is 74.3 Å². The SMILES string of the molecule is COc1ccc2ncc(CN)c([C@H](O)CCC3(CC(=O)O)CCN(CCNc4c(F)cc(F)cc4F)CC3)c2c1. The number of likely N-dealkylation sites (tertiary alicyclic amines) is 1. The minimum atomic E-state index is -0.992. The number of anilines is 1.